The molecule has 1 aromatic rings. The molecule has 0 fully saturated rings. The number of carbonyl (C=O) groups excluding carboxylic acids is 1. The smallest absolute Gasteiger partial charge is 0.251 e. The Morgan fingerprint density at radius 2 is 2.29 bits per heavy atom. The Morgan fingerprint density at radius 3 is 2.88 bits per heavy atom. The predicted octanol–water partition coefficient (Wildman–Crippen LogP) is 1.41. The second-order valence-electron chi connectivity index (χ2n) is 4.39. The third kappa shape index (κ3) is 4.36. The second-order valence-corrected chi connectivity index (χ2v) is 5.90. The van der Waals surface area contributed by atoms with E-state index >= 15 is 0 Å². The highest BCUT2D eigenvalue weighted by atomic mass is 32.2. The maximum Gasteiger partial charge on any atom is 0.251 e. The minimum absolute atomic E-state index is 0.0411. The van der Waals surface area contributed by atoms with Crippen molar-refractivity contribution < 1.29 is 4.79 Å². The van der Waals surface area contributed by atoms with E-state index in [1.54, 1.807) is 30.1 Å². The molecule has 1 rings (SSSR count). The van der Waals surface area contributed by atoms with Gasteiger partial charge in [-0.2, -0.15) is 11.8 Å². The van der Waals surface area contributed by atoms with Gasteiger partial charge in [-0.1, -0.05) is 0 Å². The van der Waals surface area contributed by atoms with Crippen molar-refractivity contribution in [1.82, 2.24) is 10.3 Å². The van der Waals surface area contributed by atoms with Gasteiger partial charge in [0.2, 0.25) is 0 Å². The van der Waals surface area contributed by atoms with Gasteiger partial charge in [-0.15, -0.1) is 0 Å². The summed E-state index contributed by atoms with van der Waals surface area (Å²) in [5.74, 6) is -0.0794. The molecule has 5 heteroatoms. The lowest BCUT2D eigenvalue weighted by Crippen LogP contribution is -2.36. The van der Waals surface area contributed by atoms with E-state index in [9.17, 15) is 4.79 Å². The number of amides is 1. The highest BCUT2D eigenvalue weighted by molar-refractivity contribution is 7.99. The lowest BCUT2D eigenvalue weighted by molar-refractivity contribution is 0.0950. The summed E-state index contributed by atoms with van der Waals surface area (Å²) < 4.78 is 0.0411. The summed E-state index contributed by atoms with van der Waals surface area (Å²) in [6.07, 6.45) is 3.64. The van der Waals surface area contributed by atoms with Gasteiger partial charge in [-0.3, -0.25) is 9.78 Å². The van der Waals surface area contributed by atoms with Crippen molar-refractivity contribution >= 4 is 17.7 Å². The van der Waals surface area contributed by atoms with Crippen LogP contribution >= 0.6 is 11.8 Å². The fourth-order valence-electron chi connectivity index (χ4n) is 1.20. The van der Waals surface area contributed by atoms with Crippen molar-refractivity contribution in [3.8, 4) is 0 Å². The number of aromatic nitrogens is 1. The molecule has 0 saturated heterocycles. The number of thioether (sulfide) groups is 1. The molecular formula is C12H19N3OS. The number of hydrogen-bond donors (Lipinski definition) is 2. The quantitative estimate of drug-likeness (QED) is 0.832. The van der Waals surface area contributed by atoms with E-state index in [1.165, 1.54) is 0 Å². The van der Waals surface area contributed by atoms with Crippen LogP contribution < -0.4 is 11.1 Å². The van der Waals surface area contributed by atoms with Crippen molar-refractivity contribution in [1.29, 1.82) is 0 Å². The molecule has 0 aliphatic rings. The molecule has 17 heavy (non-hydrogen) atoms. The average Bonchev–Trinajstić information content (AvgIpc) is 2.36. The lowest BCUT2D eigenvalue weighted by Gasteiger charge is -2.22. The Bertz CT molecular complexity index is 393. The zero-order valence-electron chi connectivity index (χ0n) is 10.5. The molecule has 0 saturated carbocycles. The highest BCUT2D eigenvalue weighted by Gasteiger charge is 2.17. The van der Waals surface area contributed by atoms with Crippen LogP contribution in [-0.4, -0.2) is 28.4 Å². The van der Waals surface area contributed by atoms with Crippen LogP contribution in [0.15, 0.2) is 18.3 Å². The zero-order chi connectivity index (χ0) is 12.9. The SMILES string of the molecule is CSC(C)(C)CNC(=O)c1ccnc(CN)c1. The van der Waals surface area contributed by atoms with E-state index in [0.29, 0.717) is 18.7 Å². The monoisotopic (exact) mass is 253 g/mol. The zero-order valence-corrected chi connectivity index (χ0v) is 11.3. The molecule has 94 valence electrons. The summed E-state index contributed by atoms with van der Waals surface area (Å²) in [6.45, 7) is 5.16. The summed E-state index contributed by atoms with van der Waals surface area (Å²) in [7, 11) is 0. The van der Waals surface area contributed by atoms with Crippen molar-refractivity contribution in [2.75, 3.05) is 12.8 Å². The van der Waals surface area contributed by atoms with E-state index in [0.717, 1.165) is 5.69 Å². The van der Waals surface area contributed by atoms with Crippen LogP contribution in [0, 0.1) is 0 Å². The molecule has 1 aromatic heterocycles. The average molecular weight is 253 g/mol. The van der Waals surface area contributed by atoms with Crippen molar-refractivity contribution in [2.24, 2.45) is 5.73 Å². The second kappa shape index (κ2) is 6.02. The molecule has 1 heterocycles. The lowest BCUT2D eigenvalue weighted by atomic mass is 10.2. The van der Waals surface area contributed by atoms with Crippen LogP contribution in [0.4, 0.5) is 0 Å². The summed E-state index contributed by atoms with van der Waals surface area (Å²) in [4.78, 5) is 15.9. The van der Waals surface area contributed by atoms with E-state index in [2.05, 4.69) is 24.1 Å². The number of nitrogens with two attached hydrogens (primary N) is 1. The van der Waals surface area contributed by atoms with E-state index in [4.69, 9.17) is 5.73 Å². The first kappa shape index (κ1) is 14.0. The molecule has 0 aliphatic heterocycles. The fraction of sp³-hybridized carbons (Fsp3) is 0.500. The topological polar surface area (TPSA) is 68.0 Å². The molecule has 0 spiro atoms. The number of carbonyl (C=O) groups is 1. The molecule has 1 amide bonds. The predicted molar refractivity (Wildman–Crippen MR) is 72.1 cm³/mol. The molecular weight excluding hydrogens is 234 g/mol. The first-order valence-corrected chi connectivity index (χ1v) is 6.69. The number of nitrogens with one attached hydrogen (secondary N) is 1. The maximum atomic E-state index is 11.9. The number of pyridine rings is 1. The normalized spacial score (nSPS) is 11.3. The van der Waals surface area contributed by atoms with Crippen LogP contribution in [0.2, 0.25) is 0 Å². The third-order valence-corrected chi connectivity index (χ3v) is 3.76. The van der Waals surface area contributed by atoms with Crippen molar-refractivity contribution in [3.63, 3.8) is 0 Å². The van der Waals surface area contributed by atoms with Crippen molar-refractivity contribution in [2.45, 2.75) is 25.1 Å². The van der Waals surface area contributed by atoms with E-state index in [1.807, 2.05) is 6.26 Å². The molecule has 0 aromatic carbocycles. The van der Waals surface area contributed by atoms with Gasteiger partial charge < -0.3 is 11.1 Å². The highest BCUT2D eigenvalue weighted by Crippen LogP contribution is 2.19. The van der Waals surface area contributed by atoms with Crippen molar-refractivity contribution in [3.05, 3.63) is 29.6 Å². The Morgan fingerprint density at radius 1 is 1.59 bits per heavy atom. The third-order valence-electron chi connectivity index (χ3n) is 2.52. The van der Waals surface area contributed by atoms with Gasteiger partial charge in [0.05, 0.1) is 5.69 Å². The summed E-state index contributed by atoms with van der Waals surface area (Å²) in [5.41, 5.74) is 6.82. The summed E-state index contributed by atoms with van der Waals surface area (Å²) >= 11 is 1.72. The van der Waals surface area contributed by atoms with E-state index < -0.39 is 0 Å². The minimum Gasteiger partial charge on any atom is -0.351 e. The number of rotatable bonds is 5. The Hall–Kier alpha value is -1.07. The Kier molecular flexibility index (Phi) is 4.96. The molecule has 3 N–H and O–H groups in total. The van der Waals surface area contributed by atoms with Gasteiger partial charge in [0.25, 0.3) is 5.91 Å². The Labute approximate surface area is 106 Å². The first-order chi connectivity index (χ1) is 7.98. The van der Waals surface area contributed by atoms with E-state index in [-0.39, 0.29) is 10.7 Å². The molecule has 0 atom stereocenters. The van der Waals surface area contributed by atoms with Gasteiger partial charge in [-0.05, 0) is 32.2 Å². The first-order valence-electron chi connectivity index (χ1n) is 5.47. The van der Waals surface area contributed by atoms with Crippen LogP contribution in [0.25, 0.3) is 0 Å². The maximum absolute atomic E-state index is 11.9. The molecule has 0 bridgehead atoms. The number of nitrogens with zero attached hydrogens (tertiary/aromatic N) is 1. The minimum atomic E-state index is -0.0794. The summed E-state index contributed by atoms with van der Waals surface area (Å²) in [6, 6.07) is 3.42. The van der Waals surface area contributed by atoms with Crippen LogP contribution in [0.3, 0.4) is 0 Å². The van der Waals surface area contributed by atoms with Gasteiger partial charge >= 0.3 is 0 Å². The van der Waals surface area contributed by atoms with Crippen LogP contribution in [0.5, 0.6) is 0 Å². The molecule has 0 unspecified atom stereocenters. The number of hydrogen-bond acceptors (Lipinski definition) is 4. The Balaban J connectivity index is 2.64. The molecule has 4 nitrogen and oxygen atoms in total. The van der Waals surface area contributed by atoms with Gasteiger partial charge in [0.1, 0.15) is 0 Å². The standard InChI is InChI=1S/C12H19N3OS/c1-12(2,17-3)8-15-11(16)9-4-5-14-10(6-9)7-13/h4-6H,7-8,13H2,1-3H3,(H,15,16). The molecule has 0 radical (unpaired) electrons. The van der Waals surface area contributed by atoms with Gasteiger partial charge in [-0.25, -0.2) is 0 Å². The van der Waals surface area contributed by atoms with Gasteiger partial charge in [0.15, 0.2) is 0 Å². The van der Waals surface area contributed by atoms with Gasteiger partial charge in [0, 0.05) is 29.6 Å². The molecule has 0 aliphatic carbocycles. The largest absolute Gasteiger partial charge is 0.351 e. The fourth-order valence-corrected chi connectivity index (χ4v) is 1.41. The van der Waals surface area contributed by atoms with Crippen LogP contribution in [0.1, 0.15) is 29.9 Å². The van der Waals surface area contributed by atoms with Crippen LogP contribution in [-0.2, 0) is 6.54 Å². The summed E-state index contributed by atoms with van der Waals surface area (Å²) in [5, 5.41) is 2.91.